The van der Waals surface area contributed by atoms with Gasteiger partial charge in [0, 0.05) is 5.92 Å². The summed E-state index contributed by atoms with van der Waals surface area (Å²) in [6, 6.07) is 6.03. The molecule has 17 heavy (non-hydrogen) atoms. The summed E-state index contributed by atoms with van der Waals surface area (Å²) in [5, 5.41) is 0. The minimum atomic E-state index is -3.05. The van der Waals surface area contributed by atoms with Gasteiger partial charge in [0.15, 0.2) is 9.84 Å². The maximum absolute atomic E-state index is 13.6. The third-order valence-corrected chi connectivity index (χ3v) is 4.98. The van der Waals surface area contributed by atoms with E-state index in [0.717, 1.165) is 0 Å². The molecule has 0 spiro atoms. The molecule has 1 heterocycles. The van der Waals surface area contributed by atoms with E-state index >= 15 is 0 Å². The van der Waals surface area contributed by atoms with Crippen LogP contribution in [0.3, 0.4) is 0 Å². The van der Waals surface area contributed by atoms with Crippen LogP contribution in [0.25, 0.3) is 0 Å². The molecule has 0 radical (unpaired) electrons. The number of sulfone groups is 1. The Morgan fingerprint density at radius 2 is 2.06 bits per heavy atom. The van der Waals surface area contributed by atoms with E-state index in [1.807, 2.05) is 0 Å². The molecule has 0 aliphatic carbocycles. The lowest BCUT2D eigenvalue weighted by molar-refractivity contribution is -0.110. The second kappa shape index (κ2) is 4.56. The zero-order valence-electron chi connectivity index (χ0n) is 9.17. The van der Waals surface area contributed by atoms with E-state index in [9.17, 15) is 17.6 Å². The molecule has 92 valence electrons. The first-order valence-electron chi connectivity index (χ1n) is 5.43. The molecule has 0 saturated carbocycles. The van der Waals surface area contributed by atoms with Crippen LogP contribution >= 0.6 is 0 Å². The molecule has 0 bridgehead atoms. The van der Waals surface area contributed by atoms with Gasteiger partial charge in [-0.3, -0.25) is 0 Å². The van der Waals surface area contributed by atoms with Gasteiger partial charge in [-0.05, 0) is 24.0 Å². The van der Waals surface area contributed by atoms with Crippen molar-refractivity contribution in [1.29, 1.82) is 0 Å². The van der Waals surface area contributed by atoms with Crippen molar-refractivity contribution < 1.29 is 17.6 Å². The lowest BCUT2D eigenvalue weighted by Gasteiger charge is -2.17. The SMILES string of the molecule is O=CC(c1ccccc1F)C1CCS(=O)(=O)C1. The molecule has 3 nitrogen and oxygen atoms in total. The Bertz CT molecular complexity index is 524. The fraction of sp³-hybridized carbons (Fsp3) is 0.417. The van der Waals surface area contributed by atoms with E-state index in [-0.39, 0.29) is 17.4 Å². The zero-order valence-corrected chi connectivity index (χ0v) is 9.99. The molecule has 1 fully saturated rings. The summed E-state index contributed by atoms with van der Waals surface area (Å²) >= 11 is 0. The summed E-state index contributed by atoms with van der Waals surface area (Å²) < 4.78 is 36.3. The molecule has 0 N–H and O–H groups in total. The van der Waals surface area contributed by atoms with Gasteiger partial charge >= 0.3 is 0 Å². The number of hydrogen-bond donors (Lipinski definition) is 0. The molecule has 5 heteroatoms. The number of carbonyl (C=O) groups is 1. The van der Waals surface area contributed by atoms with Crippen molar-refractivity contribution in [2.45, 2.75) is 12.3 Å². The van der Waals surface area contributed by atoms with E-state index in [2.05, 4.69) is 0 Å². The molecule has 0 aromatic heterocycles. The van der Waals surface area contributed by atoms with Crippen molar-refractivity contribution in [2.24, 2.45) is 5.92 Å². The maximum Gasteiger partial charge on any atom is 0.150 e. The van der Waals surface area contributed by atoms with E-state index in [1.165, 1.54) is 6.07 Å². The minimum absolute atomic E-state index is 0.0231. The highest BCUT2D eigenvalue weighted by Gasteiger charge is 2.35. The highest BCUT2D eigenvalue weighted by molar-refractivity contribution is 7.91. The van der Waals surface area contributed by atoms with Crippen LogP contribution in [0.5, 0.6) is 0 Å². The number of rotatable bonds is 3. The van der Waals surface area contributed by atoms with Gasteiger partial charge in [-0.25, -0.2) is 12.8 Å². The highest BCUT2D eigenvalue weighted by Crippen LogP contribution is 2.32. The number of benzene rings is 1. The van der Waals surface area contributed by atoms with Gasteiger partial charge < -0.3 is 4.79 Å². The fourth-order valence-corrected chi connectivity index (χ4v) is 4.15. The Labute approximate surface area is 99.6 Å². The molecule has 1 saturated heterocycles. The van der Waals surface area contributed by atoms with Gasteiger partial charge in [-0.15, -0.1) is 0 Å². The van der Waals surface area contributed by atoms with Crippen molar-refractivity contribution in [3.05, 3.63) is 35.6 Å². The first-order chi connectivity index (χ1) is 8.03. The normalized spacial score (nSPS) is 24.4. The Hall–Kier alpha value is -1.23. The predicted octanol–water partition coefficient (Wildman–Crippen LogP) is 1.54. The average molecular weight is 256 g/mol. The number of aldehydes is 1. The summed E-state index contributed by atoms with van der Waals surface area (Å²) in [5.41, 5.74) is 0.296. The van der Waals surface area contributed by atoms with Gasteiger partial charge in [0.2, 0.25) is 0 Å². The zero-order chi connectivity index (χ0) is 12.5. The van der Waals surface area contributed by atoms with Crippen molar-refractivity contribution in [3.8, 4) is 0 Å². The monoisotopic (exact) mass is 256 g/mol. The van der Waals surface area contributed by atoms with E-state index < -0.39 is 21.6 Å². The molecule has 1 aromatic rings. The van der Waals surface area contributed by atoms with Crippen molar-refractivity contribution >= 4 is 16.1 Å². The Balaban J connectivity index is 2.30. The average Bonchev–Trinajstić information content (AvgIpc) is 2.63. The lowest BCUT2D eigenvalue weighted by Crippen LogP contribution is -2.17. The van der Waals surface area contributed by atoms with Crippen LogP contribution < -0.4 is 0 Å². The third kappa shape index (κ3) is 2.54. The molecular weight excluding hydrogens is 243 g/mol. The molecule has 2 atom stereocenters. The third-order valence-electron chi connectivity index (χ3n) is 3.19. The summed E-state index contributed by atoms with van der Waals surface area (Å²) in [6.45, 7) is 0. The molecule has 1 aromatic carbocycles. The second-order valence-corrected chi connectivity index (χ2v) is 6.58. The number of halogens is 1. The number of carbonyl (C=O) groups excluding carboxylic acids is 1. The summed E-state index contributed by atoms with van der Waals surface area (Å²) in [7, 11) is -3.05. The molecule has 2 unspecified atom stereocenters. The van der Waals surface area contributed by atoms with Gasteiger partial charge in [-0.2, -0.15) is 0 Å². The molecule has 1 aliphatic heterocycles. The molecule has 2 rings (SSSR count). The molecule has 1 aliphatic rings. The standard InChI is InChI=1S/C12H13FO3S/c13-12-4-2-1-3-10(12)11(7-14)9-5-6-17(15,16)8-9/h1-4,7,9,11H,5-6,8H2. The molecule has 0 amide bonds. The van der Waals surface area contributed by atoms with Crippen LogP contribution in [0.4, 0.5) is 4.39 Å². The van der Waals surface area contributed by atoms with Crippen LogP contribution in [0, 0.1) is 11.7 Å². The van der Waals surface area contributed by atoms with Gasteiger partial charge in [-0.1, -0.05) is 18.2 Å². The smallest absolute Gasteiger partial charge is 0.150 e. The van der Waals surface area contributed by atoms with E-state index in [4.69, 9.17) is 0 Å². The van der Waals surface area contributed by atoms with Crippen LogP contribution in [0.15, 0.2) is 24.3 Å². The van der Waals surface area contributed by atoms with Crippen molar-refractivity contribution in [1.82, 2.24) is 0 Å². The Morgan fingerprint density at radius 1 is 1.35 bits per heavy atom. The van der Waals surface area contributed by atoms with Gasteiger partial charge in [0.1, 0.15) is 12.1 Å². The highest BCUT2D eigenvalue weighted by atomic mass is 32.2. The van der Waals surface area contributed by atoms with Crippen molar-refractivity contribution in [3.63, 3.8) is 0 Å². The summed E-state index contributed by atoms with van der Waals surface area (Å²) in [4.78, 5) is 11.1. The minimum Gasteiger partial charge on any atom is -0.303 e. The Kier molecular flexibility index (Phi) is 3.28. The van der Waals surface area contributed by atoms with Crippen molar-refractivity contribution in [2.75, 3.05) is 11.5 Å². The van der Waals surface area contributed by atoms with E-state index in [0.29, 0.717) is 18.3 Å². The topological polar surface area (TPSA) is 51.2 Å². The van der Waals surface area contributed by atoms with E-state index in [1.54, 1.807) is 18.2 Å². The first kappa shape index (κ1) is 12.2. The quantitative estimate of drug-likeness (QED) is 0.771. The summed E-state index contributed by atoms with van der Waals surface area (Å²) in [6.07, 6.45) is 1.09. The first-order valence-corrected chi connectivity index (χ1v) is 7.26. The number of hydrogen-bond acceptors (Lipinski definition) is 3. The van der Waals surface area contributed by atoms with Crippen LogP contribution in [-0.4, -0.2) is 26.2 Å². The lowest BCUT2D eigenvalue weighted by atomic mass is 9.86. The van der Waals surface area contributed by atoms with Crippen LogP contribution in [0.1, 0.15) is 17.9 Å². The fourth-order valence-electron chi connectivity index (χ4n) is 2.29. The van der Waals surface area contributed by atoms with Gasteiger partial charge in [0.05, 0.1) is 11.5 Å². The van der Waals surface area contributed by atoms with Crippen LogP contribution in [0.2, 0.25) is 0 Å². The largest absolute Gasteiger partial charge is 0.303 e. The maximum atomic E-state index is 13.6. The predicted molar refractivity (Wildman–Crippen MR) is 62.0 cm³/mol. The Morgan fingerprint density at radius 3 is 2.59 bits per heavy atom. The van der Waals surface area contributed by atoms with Gasteiger partial charge in [0.25, 0.3) is 0 Å². The molecular formula is C12H13FO3S. The van der Waals surface area contributed by atoms with Crippen LogP contribution in [-0.2, 0) is 14.6 Å². The second-order valence-electron chi connectivity index (χ2n) is 4.35. The summed E-state index contributed by atoms with van der Waals surface area (Å²) in [5.74, 6) is -1.34.